The summed E-state index contributed by atoms with van der Waals surface area (Å²) in [6.45, 7) is 5.89. The van der Waals surface area contributed by atoms with Gasteiger partial charge in [-0.3, -0.25) is 10.5 Å². The molecule has 0 fully saturated rings. The molecule has 0 amide bonds. The van der Waals surface area contributed by atoms with Crippen molar-refractivity contribution in [3.63, 3.8) is 0 Å². The Kier molecular flexibility index (Phi) is 5.41. The molecule has 0 saturated carbocycles. The van der Waals surface area contributed by atoms with Gasteiger partial charge in [-0.25, -0.2) is 9.78 Å². The highest BCUT2D eigenvalue weighted by molar-refractivity contribution is 4.67. The van der Waals surface area contributed by atoms with Crippen molar-refractivity contribution in [2.75, 3.05) is 6.61 Å². The highest BCUT2D eigenvalue weighted by Gasteiger charge is 2.19. The van der Waals surface area contributed by atoms with Gasteiger partial charge in [0.05, 0.1) is 12.2 Å². The first-order chi connectivity index (χ1) is 5.52. The molecule has 0 aromatic carbocycles. The van der Waals surface area contributed by atoms with E-state index in [1.807, 2.05) is 6.92 Å². The van der Waals surface area contributed by atoms with Crippen LogP contribution in [0.3, 0.4) is 0 Å². The lowest BCUT2D eigenvalue weighted by atomic mass is 9.97. The van der Waals surface area contributed by atoms with E-state index in [0.717, 1.165) is 12.8 Å². The van der Waals surface area contributed by atoms with Crippen LogP contribution in [-0.2, 0) is 9.78 Å². The zero-order chi connectivity index (χ0) is 9.61. The van der Waals surface area contributed by atoms with Gasteiger partial charge in [0.2, 0.25) is 0 Å². The smallest absolute Gasteiger partial charge is 0.0977 e. The average Bonchev–Trinajstić information content (AvgIpc) is 2.02. The minimum Gasteiger partial charge on any atom is -0.252 e. The fourth-order valence-corrected chi connectivity index (χ4v) is 0.850. The molecule has 1 atom stereocenters. The Labute approximate surface area is 73.0 Å². The van der Waals surface area contributed by atoms with Gasteiger partial charge in [0.15, 0.2) is 0 Å². The monoisotopic (exact) mass is 178 g/mol. The van der Waals surface area contributed by atoms with Crippen LogP contribution in [0.25, 0.3) is 0 Å². The molecule has 0 spiro atoms. The van der Waals surface area contributed by atoms with Crippen LogP contribution >= 0.6 is 0 Å². The summed E-state index contributed by atoms with van der Waals surface area (Å²) in [6.07, 6.45) is 1.57. The first-order valence-electron chi connectivity index (χ1n) is 4.11. The van der Waals surface area contributed by atoms with Gasteiger partial charge in [-0.05, 0) is 32.6 Å². The van der Waals surface area contributed by atoms with Crippen molar-refractivity contribution < 1.29 is 20.3 Å². The number of hydrogen-bond acceptors (Lipinski definition) is 4. The minimum atomic E-state index is -0.510. The average molecular weight is 178 g/mol. The van der Waals surface area contributed by atoms with Crippen molar-refractivity contribution in [1.29, 1.82) is 0 Å². The van der Waals surface area contributed by atoms with Crippen LogP contribution in [-0.4, -0.2) is 22.7 Å². The van der Waals surface area contributed by atoms with E-state index in [0.29, 0.717) is 6.61 Å². The minimum absolute atomic E-state index is 0.268. The van der Waals surface area contributed by atoms with E-state index in [1.54, 1.807) is 13.8 Å². The number of rotatable bonds is 6. The predicted molar refractivity (Wildman–Crippen MR) is 44.8 cm³/mol. The fourth-order valence-electron chi connectivity index (χ4n) is 0.850. The molecule has 0 aliphatic carbocycles. The van der Waals surface area contributed by atoms with Gasteiger partial charge in [0, 0.05) is 0 Å². The molecule has 0 aliphatic heterocycles. The van der Waals surface area contributed by atoms with Gasteiger partial charge in [0.25, 0.3) is 0 Å². The largest absolute Gasteiger partial charge is 0.252 e. The third-order valence-electron chi connectivity index (χ3n) is 1.85. The highest BCUT2D eigenvalue weighted by atomic mass is 17.1. The zero-order valence-electron chi connectivity index (χ0n) is 7.91. The Morgan fingerprint density at radius 1 is 1.33 bits per heavy atom. The standard InChI is InChI=1S/C8H18O4/c1-7(6-11-9)4-5-8(2,3)12-10/h7,9-10H,4-6H2,1-3H3. The van der Waals surface area contributed by atoms with Gasteiger partial charge in [0.1, 0.15) is 0 Å². The maximum Gasteiger partial charge on any atom is 0.0977 e. The van der Waals surface area contributed by atoms with E-state index in [1.165, 1.54) is 0 Å². The molecule has 0 rings (SSSR count). The Balaban J connectivity index is 3.52. The van der Waals surface area contributed by atoms with Gasteiger partial charge in [-0.15, -0.1) is 0 Å². The predicted octanol–water partition coefficient (Wildman–Crippen LogP) is 2.16. The Morgan fingerprint density at radius 3 is 2.33 bits per heavy atom. The third kappa shape index (κ3) is 5.49. The summed E-state index contributed by atoms with van der Waals surface area (Å²) in [5.41, 5.74) is -0.510. The summed E-state index contributed by atoms with van der Waals surface area (Å²) in [7, 11) is 0. The van der Waals surface area contributed by atoms with E-state index in [-0.39, 0.29) is 5.92 Å². The Hall–Kier alpha value is -0.160. The normalized spacial score (nSPS) is 14.8. The molecular weight excluding hydrogens is 160 g/mol. The summed E-state index contributed by atoms with van der Waals surface area (Å²) in [6, 6.07) is 0. The molecule has 0 radical (unpaired) electrons. The van der Waals surface area contributed by atoms with E-state index < -0.39 is 5.60 Å². The fraction of sp³-hybridized carbons (Fsp3) is 1.00. The summed E-state index contributed by atoms with van der Waals surface area (Å²) in [5, 5.41) is 16.6. The second kappa shape index (κ2) is 5.48. The lowest BCUT2D eigenvalue weighted by molar-refractivity contribution is -0.315. The van der Waals surface area contributed by atoms with Crippen molar-refractivity contribution in [2.24, 2.45) is 5.92 Å². The summed E-state index contributed by atoms with van der Waals surface area (Å²) in [4.78, 5) is 8.26. The van der Waals surface area contributed by atoms with Crippen molar-refractivity contribution in [2.45, 2.75) is 39.2 Å². The van der Waals surface area contributed by atoms with Crippen LogP contribution < -0.4 is 0 Å². The first-order valence-corrected chi connectivity index (χ1v) is 4.11. The quantitative estimate of drug-likeness (QED) is 0.483. The van der Waals surface area contributed by atoms with Crippen LogP contribution in [0.15, 0.2) is 0 Å². The molecule has 1 unspecified atom stereocenters. The molecule has 0 bridgehead atoms. The van der Waals surface area contributed by atoms with Crippen LogP contribution in [0.5, 0.6) is 0 Å². The first kappa shape index (κ1) is 11.8. The molecular formula is C8H18O4. The highest BCUT2D eigenvalue weighted by Crippen LogP contribution is 2.18. The summed E-state index contributed by atoms with van der Waals surface area (Å²) < 4.78 is 0. The molecule has 0 aromatic heterocycles. The molecule has 12 heavy (non-hydrogen) atoms. The van der Waals surface area contributed by atoms with Crippen molar-refractivity contribution in [3.8, 4) is 0 Å². The molecule has 2 N–H and O–H groups in total. The number of hydrogen-bond donors (Lipinski definition) is 2. The molecule has 4 heteroatoms. The molecule has 0 aliphatic rings. The summed E-state index contributed by atoms with van der Waals surface area (Å²) in [5.74, 6) is 0.268. The van der Waals surface area contributed by atoms with Gasteiger partial charge in [-0.2, -0.15) is 0 Å². The third-order valence-corrected chi connectivity index (χ3v) is 1.85. The van der Waals surface area contributed by atoms with E-state index in [4.69, 9.17) is 10.5 Å². The van der Waals surface area contributed by atoms with Gasteiger partial charge >= 0.3 is 0 Å². The lowest BCUT2D eigenvalue weighted by Gasteiger charge is -2.21. The van der Waals surface area contributed by atoms with E-state index in [2.05, 4.69) is 9.78 Å². The lowest BCUT2D eigenvalue weighted by Crippen LogP contribution is -2.23. The van der Waals surface area contributed by atoms with Crippen LogP contribution in [0.2, 0.25) is 0 Å². The molecule has 0 heterocycles. The van der Waals surface area contributed by atoms with E-state index in [9.17, 15) is 0 Å². The van der Waals surface area contributed by atoms with Gasteiger partial charge < -0.3 is 0 Å². The maximum atomic E-state index is 8.46. The van der Waals surface area contributed by atoms with E-state index >= 15 is 0 Å². The van der Waals surface area contributed by atoms with Crippen molar-refractivity contribution >= 4 is 0 Å². The second-order valence-corrected chi connectivity index (χ2v) is 3.79. The SMILES string of the molecule is CC(CCC(C)(C)OO)COO. The topological polar surface area (TPSA) is 58.9 Å². The van der Waals surface area contributed by atoms with Gasteiger partial charge in [-0.1, -0.05) is 6.92 Å². The van der Waals surface area contributed by atoms with Crippen LogP contribution in [0.4, 0.5) is 0 Å². The summed E-state index contributed by atoms with van der Waals surface area (Å²) >= 11 is 0. The van der Waals surface area contributed by atoms with Crippen molar-refractivity contribution in [3.05, 3.63) is 0 Å². The molecule has 74 valence electrons. The maximum absolute atomic E-state index is 8.46. The molecule has 4 nitrogen and oxygen atoms in total. The second-order valence-electron chi connectivity index (χ2n) is 3.79. The van der Waals surface area contributed by atoms with Crippen LogP contribution in [0.1, 0.15) is 33.6 Å². The Bertz CT molecular complexity index is 114. The van der Waals surface area contributed by atoms with Crippen molar-refractivity contribution in [1.82, 2.24) is 0 Å². The zero-order valence-corrected chi connectivity index (χ0v) is 7.91. The molecule has 0 saturated heterocycles. The Morgan fingerprint density at radius 2 is 1.92 bits per heavy atom. The molecule has 0 aromatic rings. The van der Waals surface area contributed by atoms with Crippen LogP contribution in [0, 0.1) is 5.92 Å².